The Balaban J connectivity index is 2.47. The molecule has 17 heavy (non-hydrogen) atoms. The lowest BCUT2D eigenvalue weighted by molar-refractivity contribution is -0.127. The standard InChI is InChI=1S/C13H27N3O/c1-6-13(3,4)15-12(17)10(2)16-8-7-11(9-16)14-5/h10-11,14H,6-9H2,1-5H3,(H,15,17). The van der Waals surface area contributed by atoms with E-state index >= 15 is 0 Å². The van der Waals surface area contributed by atoms with Crippen LogP contribution in [0.5, 0.6) is 0 Å². The van der Waals surface area contributed by atoms with Crippen molar-refractivity contribution < 1.29 is 4.79 Å². The van der Waals surface area contributed by atoms with Crippen molar-refractivity contribution >= 4 is 5.91 Å². The van der Waals surface area contributed by atoms with Gasteiger partial charge in [0.15, 0.2) is 0 Å². The number of likely N-dealkylation sites (N-methyl/N-ethyl adjacent to an activating group) is 1. The molecule has 0 aromatic carbocycles. The number of hydrogen-bond donors (Lipinski definition) is 2. The summed E-state index contributed by atoms with van der Waals surface area (Å²) in [6.07, 6.45) is 2.08. The maximum Gasteiger partial charge on any atom is 0.237 e. The lowest BCUT2D eigenvalue weighted by Crippen LogP contribution is -2.51. The molecule has 1 fully saturated rings. The second-order valence-corrected chi connectivity index (χ2v) is 5.67. The highest BCUT2D eigenvalue weighted by molar-refractivity contribution is 5.82. The molecule has 0 spiro atoms. The quantitative estimate of drug-likeness (QED) is 0.754. The van der Waals surface area contributed by atoms with Gasteiger partial charge in [-0.05, 0) is 40.7 Å². The molecule has 2 N–H and O–H groups in total. The van der Waals surface area contributed by atoms with Crippen molar-refractivity contribution in [2.75, 3.05) is 20.1 Å². The Morgan fingerprint density at radius 3 is 2.65 bits per heavy atom. The smallest absolute Gasteiger partial charge is 0.237 e. The predicted molar refractivity (Wildman–Crippen MR) is 71.0 cm³/mol. The molecule has 1 heterocycles. The molecule has 0 aromatic rings. The third kappa shape index (κ3) is 3.96. The number of amides is 1. The van der Waals surface area contributed by atoms with E-state index in [0.717, 1.165) is 25.9 Å². The van der Waals surface area contributed by atoms with Gasteiger partial charge in [-0.3, -0.25) is 9.69 Å². The van der Waals surface area contributed by atoms with Crippen LogP contribution in [0.4, 0.5) is 0 Å². The van der Waals surface area contributed by atoms with Gasteiger partial charge in [-0.15, -0.1) is 0 Å². The minimum absolute atomic E-state index is 0.0285. The van der Waals surface area contributed by atoms with Crippen LogP contribution < -0.4 is 10.6 Å². The molecule has 4 nitrogen and oxygen atoms in total. The van der Waals surface area contributed by atoms with E-state index < -0.39 is 0 Å². The molecule has 0 bridgehead atoms. The first kappa shape index (κ1) is 14.5. The monoisotopic (exact) mass is 241 g/mol. The summed E-state index contributed by atoms with van der Waals surface area (Å²) in [5.41, 5.74) is -0.104. The van der Waals surface area contributed by atoms with Gasteiger partial charge in [0.05, 0.1) is 6.04 Å². The van der Waals surface area contributed by atoms with E-state index in [2.05, 4.69) is 36.3 Å². The first-order valence-electron chi connectivity index (χ1n) is 6.63. The van der Waals surface area contributed by atoms with Crippen molar-refractivity contribution in [2.24, 2.45) is 0 Å². The van der Waals surface area contributed by atoms with Crippen LogP contribution >= 0.6 is 0 Å². The zero-order chi connectivity index (χ0) is 13.1. The number of nitrogens with zero attached hydrogens (tertiary/aromatic N) is 1. The van der Waals surface area contributed by atoms with E-state index in [1.54, 1.807) is 0 Å². The van der Waals surface area contributed by atoms with Crippen LogP contribution in [-0.4, -0.2) is 48.6 Å². The fourth-order valence-electron chi connectivity index (χ4n) is 2.07. The van der Waals surface area contributed by atoms with Crippen LogP contribution in [-0.2, 0) is 4.79 Å². The second-order valence-electron chi connectivity index (χ2n) is 5.67. The summed E-state index contributed by atoms with van der Waals surface area (Å²) < 4.78 is 0. The second kappa shape index (κ2) is 5.83. The van der Waals surface area contributed by atoms with E-state index in [4.69, 9.17) is 0 Å². The number of rotatable bonds is 5. The number of likely N-dealkylation sites (tertiary alicyclic amines) is 1. The summed E-state index contributed by atoms with van der Waals surface area (Å²) >= 11 is 0. The molecular formula is C13H27N3O. The number of hydrogen-bond acceptors (Lipinski definition) is 3. The van der Waals surface area contributed by atoms with E-state index in [9.17, 15) is 4.79 Å². The molecule has 4 heteroatoms. The van der Waals surface area contributed by atoms with Crippen LogP contribution in [0, 0.1) is 0 Å². The first-order valence-corrected chi connectivity index (χ1v) is 6.63. The summed E-state index contributed by atoms with van der Waals surface area (Å²) in [6.45, 7) is 10.2. The molecule has 1 aliphatic heterocycles. The highest BCUT2D eigenvalue weighted by Crippen LogP contribution is 2.14. The molecule has 1 amide bonds. The number of nitrogens with one attached hydrogen (secondary N) is 2. The van der Waals surface area contributed by atoms with Gasteiger partial charge in [0.1, 0.15) is 0 Å². The van der Waals surface area contributed by atoms with Gasteiger partial charge < -0.3 is 10.6 Å². The summed E-state index contributed by atoms with van der Waals surface area (Å²) in [5.74, 6) is 0.147. The molecule has 0 radical (unpaired) electrons. The van der Waals surface area contributed by atoms with Crippen LogP contribution in [0.25, 0.3) is 0 Å². The van der Waals surface area contributed by atoms with Gasteiger partial charge in [0.25, 0.3) is 0 Å². The average Bonchev–Trinajstić information content (AvgIpc) is 2.76. The van der Waals surface area contributed by atoms with E-state index in [-0.39, 0.29) is 17.5 Å². The summed E-state index contributed by atoms with van der Waals surface area (Å²) in [6, 6.07) is 0.503. The van der Waals surface area contributed by atoms with Crippen molar-refractivity contribution in [1.82, 2.24) is 15.5 Å². The third-order valence-corrected chi connectivity index (χ3v) is 3.90. The Bertz CT molecular complexity index is 265. The molecule has 100 valence electrons. The fourth-order valence-corrected chi connectivity index (χ4v) is 2.07. The minimum Gasteiger partial charge on any atom is -0.350 e. The molecule has 1 aliphatic rings. The van der Waals surface area contributed by atoms with Gasteiger partial charge in [-0.2, -0.15) is 0 Å². The maximum absolute atomic E-state index is 12.1. The van der Waals surface area contributed by atoms with Crippen molar-refractivity contribution in [3.05, 3.63) is 0 Å². The third-order valence-electron chi connectivity index (χ3n) is 3.90. The van der Waals surface area contributed by atoms with Crippen molar-refractivity contribution in [3.8, 4) is 0 Å². The lowest BCUT2D eigenvalue weighted by Gasteiger charge is -2.30. The van der Waals surface area contributed by atoms with Crippen LogP contribution in [0.2, 0.25) is 0 Å². The van der Waals surface area contributed by atoms with Gasteiger partial charge in [0.2, 0.25) is 5.91 Å². The van der Waals surface area contributed by atoms with Gasteiger partial charge in [-0.1, -0.05) is 6.92 Å². The normalized spacial score (nSPS) is 23.7. The topological polar surface area (TPSA) is 44.4 Å². The molecule has 1 saturated heterocycles. The summed E-state index contributed by atoms with van der Waals surface area (Å²) in [4.78, 5) is 14.4. The van der Waals surface area contributed by atoms with Gasteiger partial charge in [-0.25, -0.2) is 0 Å². The van der Waals surface area contributed by atoms with Crippen LogP contribution in [0.3, 0.4) is 0 Å². The largest absolute Gasteiger partial charge is 0.350 e. The fraction of sp³-hybridized carbons (Fsp3) is 0.923. The summed E-state index contributed by atoms with van der Waals surface area (Å²) in [7, 11) is 1.99. The Kier molecular flexibility index (Phi) is 4.95. The Morgan fingerprint density at radius 1 is 1.53 bits per heavy atom. The molecule has 0 aliphatic carbocycles. The Hall–Kier alpha value is -0.610. The molecule has 1 rings (SSSR count). The van der Waals surface area contributed by atoms with E-state index in [1.807, 2.05) is 14.0 Å². The minimum atomic E-state index is -0.104. The van der Waals surface area contributed by atoms with E-state index in [1.165, 1.54) is 0 Å². The predicted octanol–water partition coefficient (Wildman–Crippen LogP) is 0.973. The van der Waals surface area contributed by atoms with Crippen molar-refractivity contribution in [1.29, 1.82) is 0 Å². The maximum atomic E-state index is 12.1. The zero-order valence-corrected chi connectivity index (χ0v) is 11.8. The van der Waals surface area contributed by atoms with Crippen molar-refractivity contribution in [2.45, 2.75) is 58.2 Å². The zero-order valence-electron chi connectivity index (χ0n) is 11.8. The lowest BCUT2D eigenvalue weighted by atomic mass is 10.0. The molecule has 2 atom stereocenters. The first-order chi connectivity index (χ1) is 7.89. The van der Waals surface area contributed by atoms with Gasteiger partial charge in [0, 0.05) is 24.7 Å². The Morgan fingerprint density at radius 2 is 2.18 bits per heavy atom. The highest BCUT2D eigenvalue weighted by atomic mass is 16.2. The number of carbonyl (C=O) groups excluding carboxylic acids is 1. The molecular weight excluding hydrogens is 214 g/mol. The molecule has 0 aromatic heterocycles. The van der Waals surface area contributed by atoms with Gasteiger partial charge >= 0.3 is 0 Å². The Labute approximate surface area is 105 Å². The highest BCUT2D eigenvalue weighted by Gasteiger charge is 2.30. The van der Waals surface area contributed by atoms with E-state index in [0.29, 0.717) is 6.04 Å². The molecule has 2 unspecified atom stereocenters. The molecule has 0 saturated carbocycles. The van der Waals surface area contributed by atoms with Crippen LogP contribution in [0.1, 0.15) is 40.5 Å². The summed E-state index contributed by atoms with van der Waals surface area (Å²) in [5, 5.41) is 6.39. The average molecular weight is 241 g/mol. The SMILES string of the molecule is CCC(C)(C)NC(=O)C(C)N1CCC(NC)C1. The van der Waals surface area contributed by atoms with Crippen molar-refractivity contribution in [3.63, 3.8) is 0 Å². The number of carbonyl (C=O) groups is 1. The van der Waals surface area contributed by atoms with Crippen LogP contribution in [0.15, 0.2) is 0 Å².